The first kappa shape index (κ1) is 401. The summed E-state index contributed by atoms with van der Waals surface area (Å²) in [5.41, 5.74) is 0. The molecular formula is C7H23Ru3. The van der Waals surface area contributed by atoms with Gasteiger partial charge in [-0.1, -0.05) is 14.9 Å². The molecular weight excluding hydrogens is 387 g/mol. The zero-order chi connectivity index (χ0) is 0. The molecule has 0 aliphatic carbocycles. The summed E-state index contributed by atoms with van der Waals surface area (Å²) in [4.78, 5) is 0. The molecule has 0 aromatic rings. The van der Waals surface area contributed by atoms with Crippen molar-refractivity contribution in [1.82, 2.24) is 0 Å². The van der Waals surface area contributed by atoms with E-state index in [1.165, 1.54) is 0 Å². The van der Waals surface area contributed by atoms with E-state index in [9.17, 15) is 0 Å². The number of rotatable bonds is 0. The smallest absolute Gasteiger partial charge is 0.358 e. The summed E-state index contributed by atoms with van der Waals surface area (Å²) >= 11 is 0. The fourth-order valence-electron chi connectivity index (χ4n) is 0. The van der Waals surface area contributed by atoms with Crippen molar-refractivity contribution in [1.29, 1.82) is 0 Å². The minimum Gasteiger partial charge on any atom is -0.358 e. The SMILES string of the molecule is C.C.[CH3-].[CH3-].[CH3-].[CH3-].[CH3-].[Ru+2].[Ru+2].[Ru+]. The van der Waals surface area contributed by atoms with Gasteiger partial charge >= 0.3 is 58.4 Å². The number of hydrogen-bond acceptors (Lipinski definition) is 0. The van der Waals surface area contributed by atoms with Gasteiger partial charge in [0.25, 0.3) is 0 Å². The van der Waals surface area contributed by atoms with Crippen LogP contribution in [0.3, 0.4) is 0 Å². The molecule has 3 heteroatoms. The predicted molar refractivity (Wildman–Crippen MR) is 45.5 cm³/mol. The van der Waals surface area contributed by atoms with Gasteiger partial charge in [0.2, 0.25) is 0 Å². The van der Waals surface area contributed by atoms with Gasteiger partial charge in [-0.15, -0.1) is 0 Å². The summed E-state index contributed by atoms with van der Waals surface area (Å²) in [6, 6.07) is 0. The third kappa shape index (κ3) is 222. The Balaban J connectivity index is 0. The van der Waals surface area contributed by atoms with Crippen LogP contribution in [0.25, 0.3) is 0 Å². The molecule has 0 nitrogen and oxygen atoms in total. The van der Waals surface area contributed by atoms with E-state index in [-0.39, 0.29) is 110 Å². The Kier molecular flexibility index (Phi) is 12100. The van der Waals surface area contributed by atoms with Crippen molar-refractivity contribution in [2.24, 2.45) is 0 Å². The monoisotopic (exact) mass is 413 g/mol. The summed E-state index contributed by atoms with van der Waals surface area (Å²) in [5.74, 6) is 0. The molecule has 0 aromatic heterocycles. The first-order valence-corrected chi connectivity index (χ1v) is 0. The van der Waals surface area contributed by atoms with E-state index in [0.717, 1.165) is 0 Å². The van der Waals surface area contributed by atoms with E-state index in [1.807, 2.05) is 0 Å². The molecule has 0 bridgehead atoms. The molecule has 0 rings (SSSR count). The van der Waals surface area contributed by atoms with Crippen molar-refractivity contribution in [3.63, 3.8) is 0 Å². The molecule has 0 aliphatic heterocycles. The van der Waals surface area contributed by atoms with Gasteiger partial charge in [0.15, 0.2) is 0 Å². The molecule has 75 valence electrons. The van der Waals surface area contributed by atoms with Crippen LogP contribution in [0.1, 0.15) is 14.9 Å². The van der Waals surface area contributed by atoms with Gasteiger partial charge in [-0.05, 0) is 0 Å². The van der Waals surface area contributed by atoms with Crippen LogP contribution in [0.4, 0.5) is 0 Å². The van der Waals surface area contributed by atoms with Gasteiger partial charge in [0, 0.05) is 0 Å². The predicted octanol–water partition coefficient (Wildman–Crippen LogP) is 3.52. The van der Waals surface area contributed by atoms with Gasteiger partial charge in [0.05, 0.1) is 0 Å². The standard InChI is InChI=1S/2CH4.5CH3.3Ru/h2*1H4;5*1H3;;;/q;;5*-1;+1;2*+2. The fourth-order valence-corrected chi connectivity index (χ4v) is 0. The molecule has 0 saturated heterocycles. The summed E-state index contributed by atoms with van der Waals surface area (Å²) in [6.07, 6.45) is 0. The quantitative estimate of drug-likeness (QED) is 0.424. The van der Waals surface area contributed by atoms with Crippen LogP contribution >= 0.6 is 0 Å². The Bertz CT molecular complexity index is 8.81. The molecule has 1 radical (unpaired) electrons. The third-order valence-corrected chi connectivity index (χ3v) is 0. The second-order valence-corrected chi connectivity index (χ2v) is 0. The molecule has 0 amide bonds. The van der Waals surface area contributed by atoms with Crippen molar-refractivity contribution < 1.29 is 58.4 Å². The Morgan fingerprint density at radius 2 is 0.400 bits per heavy atom. The Morgan fingerprint density at radius 3 is 0.400 bits per heavy atom. The minimum absolute atomic E-state index is 0. The maximum Gasteiger partial charge on any atom is 2.00 e. The van der Waals surface area contributed by atoms with E-state index in [1.54, 1.807) is 0 Å². The molecule has 0 heterocycles. The van der Waals surface area contributed by atoms with Crippen LogP contribution in [0.5, 0.6) is 0 Å². The molecule has 0 unspecified atom stereocenters. The zero-order valence-electron chi connectivity index (χ0n) is 6.06. The van der Waals surface area contributed by atoms with E-state index >= 15 is 0 Å². The van der Waals surface area contributed by atoms with Crippen LogP contribution in [0.15, 0.2) is 0 Å². The second kappa shape index (κ2) is 303. The van der Waals surface area contributed by atoms with Crippen LogP contribution in [0, 0.1) is 37.1 Å². The minimum atomic E-state index is 0. The zero-order valence-corrected chi connectivity index (χ0v) is 11.3. The van der Waals surface area contributed by atoms with Crippen LogP contribution in [0.2, 0.25) is 0 Å². The molecule has 0 N–H and O–H groups in total. The molecule has 0 spiro atoms. The van der Waals surface area contributed by atoms with Crippen molar-refractivity contribution in [3.05, 3.63) is 37.1 Å². The van der Waals surface area contributed by atoms with E-state index < -0.39 is 0 Å². The number of hydrogen-bond donors (Lipinski definition) is 0. The van der Waals surface area contributed by atoms with Gasteiger partial charge in [-0.25, -0.2) is 0 Å². The van der Waals surface area contributed by atoms with Gasteiger partial charge in [0.1, 0.15) is 0 Å². The van der Waals surface area contributed by atoms with Crippen LogP contribution in [-0.2, 0) is 58.4 Å². The van der Waals surface area contributed by atoms with Crippen molar-refractivity contribution >= 4 is 0 Å². The van der Waals surface area contributed by atoms with Crippen molar-refractivity contribution in [2.75, 3.05) is 0 Å². The van der Waals surface area contributed by atoms with E-state index in [0.29, 0.717) is 0 Å². The van der Waals surface area contributed by atoms with Gasteiger partial charge in [-0.2, -0.15) is 0 Å². The first-order chi connectivity index (χ1) is 0. The molecule has 10 heavy (non-hydrogen) atoms. The second-order valence-electron chi connectivity index (χ2n) is 0. The molecule has 0 aromatic carbocycles. The van der Waals surface area contributed by atoms with E-state index in [4.69, 9.17) is 0 Å². The Morgan fingerprint density at radius 1 is 0.400 bits per heavy atom. The normalized spacial score (nSPS) is 0. The summed E-state index contributed by atoms with van der Waals surface area (Å²) in [5, 5.41) is 0. The maximum atomic E-state index is 0. The Hall–Kier alpha value is 1.87. The molecule has 0 aliphatic rings. The summed E-state index contributed by atoms with van der Waals surface area (Å²) < 4.78 is 0. The van der Waals surface area contributed by atoms with Crippen molar-refractivity contribution in [2.45, 2.75) is 14.9 Å². The molecule has 0 saturated carbocycles. The topological polar surface area (TPSA) is 0 Å². The summed E-state index contributed by atoms with van der Waals surface area (Å²) in [7, 11) is 0. The first-order valence-electron chi connectivity index (χ1n) is 0. The third-order valence-electron chi connectivity index (χ3n) is 0. The maximum absolute atomic E-state index is 0. The van der Waals surface area contributed by atoms with Crippen molar-refractivity contribution in [3.8, 4) is 0 Å². The summed E-state index contributed by atoms with van der Waals surface area (Å²) in [6.45, 7) is 0. The fraction of sp³-hybridized carbons (Fsp3) is 0.286. The molecule has 0 atom stereocenters. The average Bonchev–Trinajstić information content (AvgIpc) is 0. The van der Waals surface area contributed by atoms with Gasteiger partial charge in [-0.3, -0.25) is 0 Å². The van der Waals surface area contributed by atoms with Crippen LogP contribution in [-0.4, -0.2) is 0 Å². The van der Waals surface area contributed by atoms with E-state index in [2.05, 4.69) is 0 Å². The molecule has 0 fully saturated rings. The van der Waals surface area contributed by atoms with Gasteiger partial charge < -0.3 is 37.1 Å². The average molecular weight is 410 g/mol. The Labute approximate surface area is 110 Å². The largest absolute Gasteiger partial charge is 2.00 e. The van der Waals surface area contributed by atoms with Crippen LogP contribution < -0.4 is 0 Å².